The third kappa shape index (κ3) is 3.19. The van der Waals surface area contributed by atoms with Crippen LogP contribution in [0.25, 0.3) is 0 Å². The predicted octanol–water partition coefficient (Wildman–Crippen LogP) is 0.885. The molecule has 1 aromatic heterocycles. The van der Waals surface area contributed by atoms with Gasteiger partial charge in [-0.15, -0.1) is 5.10 Å². The Morgan fingerprint density at radius 2 is 2.32 bits per heavy atom. The van der Waals surface area contributed by atoms with Gasteiger partial charge in [0.25, 0.3) is 0 Å². The van der Waals surface area contributed by atoms with E-state index < -0.39 is 0 Å². The first-order chi connectivity index (χ1) is 9.27. The van der Waals surface area contributed by atoms with Crippen molar-refractivity contribution in [3.63, 3.8) is 0 Å². The fraction of sp³-hybridized carbons (Fsp3) is 0.769. The monoisotopic (exact) mass is 266 g/mol. The Labute approximate surface area is 113 Å². The lowest BCUT2D eigenvalue weighted by atomic mass is 9.96. The van der Waals surface area contributed by atoms with Crippen molar-refractivity contribution in [2.75, 3.05) is 19.8 Å². The van der Waals surface area contributed by atoms with Gasteiger partial charge in [-0.3, -0.25) is 4.79 Å². The molecule has 0 saturated carbocycles. The molecule has 2 atom stereocenters. The highest BCUT2D eigenvalue weighted by Gasteiger charge is 2.35. The molecule has 1 aliphatic heterocycles. The molecule has 2 heterocycles. The summed E-state index contributed by atoms with van der Waals surface area (Å²) in [7, 11) is 0. The van der Waals surface area contributed by atoms with E-state index in [1.807, 2.05) is 0 Å². The van der Waals surface area contributed by atoms with E-state index in [9.17, 15) is 4.79 Å². The molecule has 1 N–H and O–H groups in total. The number of rotatable bonds is 7. The Hall–Kier alpha value is -1.27. The van der Waals surface area contributed by atoms with Crippen molar-refractivity contribution in [2.24, 2.45) is 5.92 Å². The summed E-state index contributed by atoms with van der Waals surface area (Å²) in [5, 5.41) is 11.2. The molecule has 0 amide bonds. The minimum absolute atomic E-state index is 0.0875. The van der Waals surface area contributed by atoms with E-state index in [1.165, 1.54) is 0 Å². The van der Waals surface area contributed by atoms with Crippen LogP contribution in [0.1, 0.15) is 37.2 Å². The van der Waals surface area contributed by atoms with Gasteiger partial charge in [-0.25, -0.2) is 4.68 Å². The highest BCUT2D eigenvalue weighted by molar-refractivity contribution is 5.96. The van der Waals surface area contributed by atoms with E-state index in [0.717, 1.165) is 25.9 Å². The van der Waals surface area contributed by atoms with Crippen LogP contribution in [0.3, 0.4) is 0 Å². The Kier molecular flexibility index (Phi) is 5.04. The summed E-state index contributed by atoms with van der Waals surface area (Å²) in [4.78, 5) is 12.6. The maximum atomic E-state index is 12.6. The summed E-state index contributed by atoms with van der Waals surface area (Å²) in [5.74, 6) is -0.0368. The lowest BCUT2D eigenvalue weighted by Gasteiger charge is -2.17. The molecule has 1 aromatic rings. The second-order valence-electron chi connectivity index (χ2n) is 4.91. The molecule has 0 aromatic carbocycles. The molecule has 19 heavy (non-hydrogen) atoms. The smallest absolute Gasteiger partial charge is 0.189 e. The van der Waals surface area contributed by atoms with Crippen molar-refractivity contribution in [3.05, 3.63) is 11.9 Å². The Balaban J connectivity index is 2.07. The molecule has 0 bridgehead atoms. The van der Waals surface area contributed by atoms with Crippen LogP contribution in [0, 0.1) is 5.92 Å². The minimum atomic E-state index is -0.124. The van der Waals surface area contributed by atoms with Gasteiger partial charge in [-0.2, -0.15) is 0 Å². The number of carbonyl (C=O) groups is 1. The first kappa shape index (κ1) is 14.1. The summed E-state index contributed by atoms with van der Waals surface area (Å²) in [6.45, 7) is 6.88. The Morgan fingerprint density at radius 1 is 1.47 bits per heavy atom. The number of carbonyl (C=O) groups excluding carboxylic acids is 1. The van der Waals surface area contributed by atoms with E-state index in [4.69, 9.17) is 4.74 Å². The van der Waals surface area contributed by atoms with E-state index in [2.05, 4.69) is 29.5 Å². The van der Waals surface area contributed by atoms with Gasteiger partial charge in [0.15, 0.2) is 5.78 Å². The molecule has 106 valence electrons. The van der Waals surface area contributed by atoms with Gasteiger partial charge >= 0.3 is 0 Å². The summed E-state index contributed by atoms with van der Waals surface area (Å²) < 4.78 is 7.14. The molecule has 6 heteroatoms. The number of hydrogen-bond acceptors (Lipinski definition) is 5. The van der Waals surface area contributed by atoms with Crippen LogP contribution in [0.4, 0.5) is 0 Å². The number of ether oxygens (including phenoxy) is 1. The fourth-order valence-electron chi connectivity index (χ4n) is 2.36. The predicted molar refractivity (Wildman–Crippen MR) is 71.0 cm³/mol. The first-order valence-corrected chi connectivity index (χ1v) is 7.01. The van der Waals surface area contributed by atoms with Crippen molar-refractivity contribution in [1.82, 2.24) is 20.3 Å². The molecule has 0 spiro atoms. The van der Waals surface area contributed by atoms with Gasteiger partial charge in [0.05, 0.1) is 25.3 Å². The Bertz CT molecular complexity index is 419. The molecule has 2 rings (SSSR count). The zero-order chi connectivity index (χ0) is 13.7. The molecule has 1 aliphatic rings. The number of aromatic nitrogens is 3. The third-order valence-corrected chi connectivity index (χ3v) is 3.38. The molecule has 0 aliphatic carbocycles. The number of nitrogens with one attached hydrogen (secondary N) is 1. The van der Waals surface area contributed by atoms with Crippen molar-refractivity contribution in [1.29, 1.82) is 0 Å². The fourth-order valence-corrected chi connectivity index (χ4v) is 2.36. The normalized spacial score (nSPS) is 22.8. The molecular formula is C13H22N4O2. The Morgan fingerprint density at radius 3 is 3.05 bits per heavy atom. The molecule has 2 unspecified atom stereocenters. The second kappa shape index (κ2) is 6.77. The van der Waals surface area contributed by atoms with Gasteiger partial charge in [0.1, 0.15) is 5.69 Å². The molecule has 1 fully saturated rings. The van der Waals surface area contributed by atoms with E-state index >= 15 is 0 Å². The average molecular weight is 266 g/mol. The third-order valence-electron chi connectivity index (χ3n) is 3.38. The van der Waals surface area contributed by atoms with Crippen LogP contribution in [-0.4, -0.2) is 46.6 Å². The summed E-state index contributed by atoms with van der Waals surface area (Å²) >= 11 is 0. The second-order valence-corrected chi connectivity index (χ2v) is 4.91. The van der Waals surface area contributed by atoms with Crippen LogP contribution in [0.15, 0.2) is 6.20 Å². The average Bonchev–Trinajstić information content (AvgIpc) is 3.04. The zero-order valence-electron chi connectivity index (χ0n) is 11.6. The van der Waals surface area contributed by atoms with E-state index in [1.54, 1.807) is 10.9 Å². The van der Waals surface area contributed by atoms with Crippen molar-refractivity contribution in [3.8, 4) is 0 Å². The van der Waals surface area contributed by atoms with Crippen LogP contribution in [0.5, 0.6) is 0 Å². The molecule has 6 nitrogen and oxygen atoms in total. The van der Waals surface area contributed by atoms with Crippen LogP contribution >= 0.6 is 0 Å². The molecule has 1 saturated heterocycles. The lowest BCUT2D eigenvalue weighted by molar-refractivity contribution is 0.0880. The number of Topliss-reactive ketones (excluding diaryl/α,β-unsaturated/α-hetero) is 1. The number of aryl methyl sites for hydroxylation is 1. The first-order valence-electron chi connectivity index (χ1n) is 7.01. The van der Waals surface area contributed by atoms with Crippen LogP contribution in [-0.2, 0) is 11.3 Å². The maximum absolute atomic E-state index is 12.6. The molecule has 0 radical (unpaired) electrons. The van der Waals surface area contributed by atoms with Gasteiger partial charge in [0, 0.05) is 12.6 Å². The van der Waals surface area contributed by atoms with E-state index in [0.29, 0.717) is 18.9 Å². The van der Waals surface area contributed by atoms with Gasteiger partial charge in [-0.05, 0) is 19.4 Å². The zero-order valence-corrected chi connectivity index (χ0v) is 11.6. The summed E-state index contributed by atoms with van der Waals surface area (Å²) in [6.07, 6.45) is 3.54. The van der Waals surface area contributed by atoms with Crippen molar-refractivity contribution in [2.45, 2.75) is 39.3 Å². The van der Waals surface area contributed by atoms with Gasteiger partial charge < -0.3 is 10.1 Å². The highest BCUT2D eigenvalue weighted by atomic mass is 16.5. The number of ketones is 1. The minimum Gasteiger partial charge on any atom is -0.379 e. The standard InChI is InChI=1S/C13H22N4O2/c1-3-5-14-11-9-19-8-10(11)13(18)12-7-15-16-17(12)6-4-2/h7,10-11,14H,3-6,8-9H2,1-2H3. The van der Waals surface area contributed by atoms with Crippen LogP contribution in [0.2, 0.25) is 0 Å². The summed E-state index contributed by atoms with van der Waals surface area (Å²) in [6, 6.07) is 0.109. The van der Waals surface area contributed by atoms with Crippen molar-refractivity contribution >= 4 is 5.78 Å². The van der Waals surface area contributed by atoms with Crippen molar-refractivity contribution < 1.29 is 9.53 Å². The van der Waals surface area contributed by atoms with Gasteiger partial charge in [-0.1, -0.05) is 19.1 Å². The van der Waals surface area contributed by atoms with Gasteiger partial charge in [0.2, 0.25) is 0 Å². The topological polar surface area (TPSA) is 69.0 Å². The van der Waals surface area contributed by atoms with E-state index in [-0.39, 0.29) is 17.7 Å². The summed E-state index contributed by atoms with van der Waals surface area (Å²) in [5.41, 5.74) is 0.598. The maximum Gasteiger partial charge on any atom is 0.189 e. The lowest BCUT2D eigenvalue weighted by Crippen LogP contribution is -2.40. The largest absolute Gasteiger partial charge is 0.379 e. The highest BCUT2D eigenvalue weighted by Crippen LogP contribution is 2.19. The van der Waals surface area contributed by atoms with Crippen LogP contribution < -0.4 is 5.32 Å². The SMILES string of the molecule is CCCNC1COCC1C(=O)c1cnnn1CCC. The molecular weight excluding hydrogens is 244 g/mol. The number of hydrogen-bond donors (Lipinski definition) is 1. The quantitative estimate of drug-likeness (QED) is 0.742. The number of nitrogens with zero attached hydrogens (tertiary/aromatic N) is 3.